The molecule has 0 unspecified atom stereocenters. The highest BCUT2D eigenvalue weighted by molar-refractivity contribution is 5.73. The molecule has 0 aromatic carbocycles. The summed E-state index contributed by atoms with van der Waals surface area (Å²) in [5.41, 5.74) is 0. The molecule has 2 saturated heterocycles. The molecule has 2 heterocycles. The fraction of sp³-hybridized carbons (Fsp3) is 0.929. The third kappa shape index (κ3) is 4.31. The largest absolute Gasteiger partial charge is 0.394 e. The minimum absolute atomic E-state index is 0.574. The van der Waals surface area contributed by atoms with E-state index in [1.165, 1.54) is 0 Å². The van der Waals surface area contributed by atoms with E-state index in [-0.39, 0.29) is 0 Å². The number of nitrogens with one attached hydrogen (secondary N) is 1. The molecule has 0 bridgehead atoms. The van der Waals surface area contributed by atoms with Crippen LogP contribution in [0.4, 0.5) is 0 Å². The molecule has 2 rings (SSSR count). The number of aliphatic hydroxyl groups excluding tert-OH is 7. The van der Waals surface area contributed by atoms with Crippen molar-refractivity contribution in [3.63, 3.8) is 0 Å². The molecule has 0 radical (unpaired) electrons. The van der Waals surface area contributed by atoms with Gasteiger partial charge in [0.05, 0.1) is 13.2 Å². The molecule has 26 heavy (non-hydrogen) atoms. The Morgan fingerprint density at radius 3 is 2.08 bits per heavy atom. The summed E-state index contributed by atoms with van der Waals surface area (Å²) in [6, 6.07) is -1.28. The third-order valence-corrected chi connectivity index (χ3v) is 4.38. The van der Waals surface area contributed by atoms with Crippen molar-refractivity contribution in [1.82, 2.24) is 5.32 Å². The van der Waals surface area contributed by atoms with Crippen molar-refractivity contribution in [3.05, 3.63) is 0 Å². The number of aliphatic hydroxyl groups is 7. The second-order valence-corrected chi connectivity index (χ2v) is 6.26. The summed E-state index contributed by atoms with van der Waals surface area (Å²) in [5, 5.41) is 70.5. The quantitative estimate of drug-likeness (QED) is 0.226. The van der Waals surface area contributed by atoms with Crippen LogP contribution in [0, 0.1) is 0 Å². The number of hydrogen-bond acceptors (Lipinski definition) is 11. The molecule has 2 fully saturated rings. The zero-order valence-corrected chi connectivity index (χ0v) is 14.0. The highest BCUT2D eigenvalue weighted by Crippen LogP contribution is 2.28. The molecule has 0 aromatic heterocycles. The molecule has 0 saturated carbocycles. The average molecular weight is 383 g/mol. The molecular formula is C14H25NO11. The predicted octanol–water partition coefficient (Wildman–Crippen LogP) is -5.25. The van der Waals surface area contributed by atoms with Gasteiger partial charge in [-0.05, 0) is 0 Å². The Balaban J connectivity index is 2.22. The summed E-state index contributed by atoms with van der Waals surface area (Å²) >= 11 is 0. The number of amides is 1. The maximum atomic E-state index is 11.4. The van der Waals surface area contributed by atoms with Gasteiger partial charge in [-0.3, -0.25) is 4.79 Å². The molecule has 10 atom stereocenters. The summed E-state index contributed by atoms with van der Waals surface area (Å²) in [6.07, 6.45) is -13.6. The van der Waals surface area contributed by atoms with Crippen molar-refractivity contribution >= 4 is 5.91 Å². The van der Waals surface area contributed by atoms with Crippen LogP contribution in [0.3, 0.4) is 0 Å². The van der Waals surface area contributed by atoms with Gasteiger partial charge in [-0.2, -0.15) is 0 Å². The first-order valence-electron chi connectivity index (χ1n) is 8.06. The van der Waals surface area contributed by atoms with Crippen LogP contribution >= 0.6 is 0 Å². The average Bonchev–Trinajstić information content (AvgIpc) is 2.60. The number of hydrogen-bond donors (Lipinski definition) is 8. The lowest BCUT2D eigenvalue weighted by molar-refractivity contribution is -0.341. The zero-order chi connectivity index (χ0) is 19.6. The van der Waals surface area contributed by atoms with Crippen LogP contribution in [0.25, 0.3) is 0 Å². The van der Waals surface area contributed by atoms with Crippen molar-refractivity contribution in [2.75, 3.05) is 13.2 Å². The monoisotopic (exact) mass is 383 g/mol. The zero-order valence-electron chi connectivity index (χ0n) is 14.0. The van der Waals surface area contributed by atoms with Crippen LogP contribution in [0.2, 0.25) is 0 Å². The Hall–Kier alpha value is -0.930. The normalized spacial score (nSPS) is 46.8. The van der Waals surface area contributed by atoms with E-state index in [2.05, 4.69) is 5.32 Å². The SMILES string of the molecule is CC(=O)N[C@H]1[C@H](O[C@@H]2[C@H](O)[C@@H](O)[C@@H](O)O[C@@H]2CO)O[C@H](CO)[C@H](O)[C@@H]1O. The Bertz CT molecular complexity index is 478. The first-order chi connectivity index (χ1) is 12.2. The summed E-state index contributed by atoms with van der Waals surface area (Å²) in [6.45, 7) is -0.194. The lowest BCUT2D eigenvalue weighted by Gasteiger charge is -2.46. The lowest BCUT2D eigenvalue weighted by Crippen LogP contribution is -2.67. The van der Waals surface area contributed by atoms with Gasteiger partial charge < -0.3 is 55.3 Å². The van der Waals surface area contributed by atoms with Crippen molar-refractivity contribution in [3.8, 4) is 0 Å². The number of rotatable bonds is 5. The highest BCUT2D eigenvalue weighted by Gasteiger charge is 2.50. The number of carbonyl (C=O) groups excluding carboxylic acids is 1. The Morgan fingerprint density at radius 2 is 1.54 bits per heavy atom. The van der Waals surface area contributed by atoms with Crippen LogP contribution in [0.1, 0.15) is 6.92 Å². The van der Waals surface area contributed by atoms with E-state index in [0.29, 0.717) is 0 Å². The molecule has 2 aliphatic rings. The minimum atomic E-state index is -1.75. The summed E-state index contributed by atoms with van der Waals surface area (Å²) in [7, 11) is 0. The molecule has 0 aliphatic carbocycles. The first kappa shape index (κ1) is 21.4. The van der Waals surface area contributed by atoms with Crippen LogP contribution in [-0.4, -0.2) is 116 Å². The minimum Gasteiger partial charge on any atom is -0.394 e. The first-order valence-corrected chi connectivity index (χ1v) is 8.06. The Labute approximate surface area is 148 Å². The van der Waals surface area contributed by atoms with Gasteiger partial charge >= 0.3 is 0 Å². The van der Waals surface area contributed by atoms with Crippen LogP contribution in [0.5, 0.6) is 0 Å². The molecule has 8 N–H and O–H groups in total. The van der Waals surface area contributed by atoms with Gasteiger partial charge in [0.15, 0.2) is 12.6 Å². The van der Waals surface area contributed by atoms with Gasteiger partial charge in [-0.1, -0.05) is 0 Å². The van der Waals surface area contributed by atoms with E-state index in [9.17, 15) is 40.5 Å². The van der Waals surface area contributed by atoms with Crippen LogP contribution in [0.15, 0.2) is 0 Å². The van der Waals surface area contributed by atoms with Crippen molar-refractivity contribution < 1.29 is 54.8 Å². The molecular weight excluding hydrogens is 358 g/mol. The van der Waals surface area contributed by atoms with Gasteiger partial charge in [-0.25, -0.2) is 0 Å². The third-order valence-electron chi connectivity index (χ3n) is 4.38. The fourth-order valence-corrected chi connectivity index (χ4v) is 2.98. The fourth-order valence-electron chi connectivity index (χ4n) is 2.98. The van der Waals surface area contributed by atoms with Gasteiger partial charge in [-0.15, -0.1) is 0 Å². The predicted molar refractivity (Wildman–Crippen MR) is 80.2 cm³/mol. The van der Waals surface area contributed by atoms with Crippen molar-refractivity contribution in [2.45, 2.75) is 68.3 Å². The number of ether oxygens (including phenoxy) is 3. The van der Waals surface area contributed by atoms with E-state index in [4.69, 9.17) is 14.2 Å². The topological polar surface area (TPSA) is 198 Å². The Kier molecular flexibility index (Phi) is 7.27. The van der Waals surface area contributed by atoms with Crippen LogP contribution in [-0.2, 0) is 19.0 Å². The highest BCUT2D eigenvalue weighted by atomic mass is 16.7. The molecule has 0 spiro atoms. The van der Waals surface area contributed by atoms with E-state index in [1.54, 1.807) is 0 Å². The molecule has 1 amide bonds. The van der Waals surface area contributed by atoms with Gasteiger partial charge in [0.2, 0.25) is 5.91 Å². The molecule has 152 valence electrons. The van der Waals surface area contributed by atoms with E-state index in [0.717, 1.165) is 6.92 Å². The smallest absolute Gasteiger partial charge is 0.217 e. The molecule has 0 aromatic rings. The molecule has 2 aliphatic heterocycles. The summed E-state index contributed by atoms with van der Waals surface area (Å²) in [4.78, 5) is 11.4. The number of carbonyl (C=O) groups is 1. The maximum absolute atomic E-state index is 11.4. The second kappa shape index (κ2) is 8.84. The standard InChI is InChI=1S/C14H25NO11/c1-4(18)15-7-9(20)8(19)5(2-16)25-14(7)26-12-6(3-17)24-13(23)11(22)10(12)21/h5-14,16-17,19-23H,2-3H2,1H3,(H,15,18)/t5-,6-,7-,8+,9-,10-,11-,12+,13+,14+/m1/s1. The Morgan fingerprint density at radius 1 is 0.923 bits per heavy atom. The van der Waals surface area contributed by atoms with Gasteiger partial charge in [0.25, 0.3) is 0 Å². The summed E-state index contributed by atoms with van der Waals surface area (Å²) < 4.78 is 15.8. The molecule has 12 nitrogen and oxygen atoms in total. The van der Waals surface area contributed by atoms with E-state index in [1.807, 2.05) is 0 Å². The van der Waals surface area contributed by atoms with Gasteiger partial charge in [0, 0.05) is 6.92 Å². The van der Waals surface area contributed by atoms with E-state index < -0.39 is 80.5 Å². The second-order valence-electron chi connectivity index (χ2n) is 6.26. The maximum Gasteiger partial charge on any atom is 0.217 e. The summed E-state index contributed by atoms with van der Waals surface area (Å²) in [5.74, 6) is -0.574. The van der Waals surface area contributed by atoms with Crippen molar-refractivity contribution in [2.24, 2.45) is 0 Å². The van der Waals surface area contributed by atoms with Crippen molar-refractivity contribution in [1.29, 1.82) is 0 Å². The lowest BCUT2D eigenvalue weighted by atomic mass is 9.95. The van der Waals surface area contributed by atoms with Crippen LogP contribution < -0.4 is 5.32 Å². The molecule has 12 heteroatoms. The van der Waals surface area contributed by atoms with Gasteiger partial charge in [0.1, 0.15) is 48.8 Å². The van der Waals surface area contributed by atoms with E-state index >= 15 is 0 Å².